The summed E-state index contributed by atoms with van der Waals surface area (Å²) in [7, 11) is 0. The van der Waals surface area contributed by atoms with Crippen LogP contribution in [0.2, 0.25) is 0 Å². The van der Waals surface area contributed by atoms with E-state index in [-0.39, 0.29) is 24.9 Å². The minimum atomic E-state index is -4.41. The van der Waals surface area contributed by atoms with Crippen LogP contribution in [0.15, 0.2) is 48.5 Å². The van der Waals surface area contributed by atoms with Gasteiger partial charge in [0.1, 0.15) is 12.4 Å². The molecule has 2 rings (SSSR count). The van der Waals surface area contributed by atoms with Crippen LogP contribution in [-0.2, 0) is 12.7 Å². The maximum atomic E-state index is 12.6. The van der Waals surface area contributed by atoms with Crippen LogP contribution in [0, 0.1) is 6.92 Å². The second-order valence-corrected chi connectivity index (χ2v) is 5.47. The van der Waals surface area contributed by atoms with Gasteiger partial charge in [-0.2, -0.15) is 13.2 Å². The van der Waals surface area contributed by atoms with Crippen molar-refractivity contribution in [2.24, 2.45) is 0 Å². The maximum Gasteiger partial charge on any atom is 0.416 e. The molecule has 0 aliphatic carbocycles. The molecular weight excluding hydrogens is 333 g/mol. The molecule has 0 aromatic heterocycles. The van der Waals surface area contributed by atoms with Gasteiger partial charge >= 0.3 is 12.2 Å². The minimum absolute atomic E-state index is 0.0686. The van der Waals surface area contributed by atoms with Gasteiger partial charge < -0.3 is 15.4 Å². The molecule has 0 aliphatic heterocycles. The van der Waals surface area contributed by atoms with E-state index in [1.54, 1.807) is 0 Å². The molecule has 2 aromatic carbocycles. The number of urea groups is 1. The Kier molecular flexibility index (Phi) is 6.27. The zero-order valence-electron chi connectivity index (χ0n) is 13.7. The van der Waals surface area contributed by atoms with Crippen molar-refractivity contribution in [3.05, 3.63) is 65.2 Å². The lowest BCUT2D eigenvalue weighted by Gasteiger charge is -2.11. The van der Waals surface area contributed by atoms with Gasteiger partial charge in [-0.15, -0.1) is 0 Å². The molecule has 0 atom stereocenters. The fourth-order valence-corrected chi connectivity index (χ4v) is 2.16. The zero-order valence-corrected chi connectivity index (χ0v) is 13.7. The molecule has 0 saturated carbocycles. The third kappa shape index (κ3) is 6.37. The van der Waals surface area contributed by atoms with Crippen molar-refractivity contribution in [2.75, 3.05) is 13.2 Å². The van der Waals surface area contributed by atoms with E-state index >= 15 is 0 Å². The number of rotatable bonds is 6. The summed E-state index contributed by atoms with van der Waals surface area (Å²) >= 11 is 0. The van der Waals surface area contributed by atoms with E-state index in [0.29, 0.717) is 6.54 Å². The van der Waals surface area contributed by atoms with Crippen LogP contribution in [0.5, 0.6) is 5.75 Å². The number of aryl methyl sites for hydroxylation is 1. The highest BCUT2D eigenvalue weighted by molar-refractivity contribution is 5.73. The molecule has 0 saturated heterocycles. The summed E-state index contributed by atoms with van der Waals surface area (Å²) in [5, 5.41) is 5.28. The lowest BCUT2D eigenvalue weighted by atomic mass is 10.1. The van der Waals surface area contributed by atoms with Gasteiger partial charge in [-0.1, -0.05) is 35.9 Å². The largest absolute Gasteiger partial charge is 0.492 e. The predicted molar refractivity (Wildman–Crippen MR) is 88.4 cm³/mol. The highest BCUT2D eigenvalue weighted by Gasteiger charge is 2.30. The van der Waals surface area contributed by atoms with Gasteiger partial charge in [0.2, 0.25) is 0 Å². The summed E-state index contributed by atoms with van der Waals surface area (Å²) in [4.78, 5) is 11.7. The Labute approximate surface area is 144 Å². The first-order chi connectivity index (χ1) is 11.8. The Balaban J connectivity index is 1.69. The van der Waals surface area contributed by atoms with Gasteiger partial charge in [-0.25, -0.2) is 4.79 Å². The van der Waals surface area contributed by atoms with Crippen molar-refractivity contribution in [2.45, 2.75) is 19.6 Å². The number of halogens is 3. The number of nitrogens with one attached hydrogen (secondary N) is 2. The van der Waals surface area contributed by atoms with Crippen LogP contribution >= 0.6 is 0 Å². The van der Waals surface area contributed by atoms with Crippen molar-refractivity contribution in [3.8, 4) is 5.75 Å². The molecule has 0 fully saturated rings. The first kappa shape index (κ1) is 18.6. The highest BCUT2D eigenvalue weighted by atomic mass is 19.4. The van der Waals surface area contributed by atoms with Crippen LogP contribution in [-0.4, -0.2) is 19.2 Å². The van der Waals surface area contributed by atoms with Crippen molar-refractivity contribution in [3.63, 3.8) is 0 Å². The molecule has 4 nitrogen and oxygen atoms in total. The number of carbonyl (C=O) groups excluding carboxylic acids is 1. The third-order valence-corrected chi connectivity index (χ3v) is 3.35. The van der Waals surface area contributed by atoms with Crippen molar-refractivity contribution in [1.82, 2.24) is 10.6 Å². The number of hydrogen-bond donors (Lipinski definition) is 2. The van der Waals surface area contributed by atoms with Crippen molar-refractivity contribution in [1.29, 1.82) is 0 Å². The van der Waals surface area contributed by atoms with Gasteiger partial charge in [0.25, 0.3) is 0 Å². The fraction of sp³-hybridized carbons (Fsp3) is 0.278. The van der Waals surface area contributed by atoms with Gasteiger partial charge in [-0.3, -0.25) is 0 Å². The molecule has 2 aromatic rings. The van der Waals surface area contributed by atoms with E-state index in [4.69, 9.17) is 4.74 Å². The molecule has 0 heterocycles. The summed E-state index contributed by atoms with van der Waals surface area (Å²) in [6.07, 6.45) is -4.41. The van der Waals surface area contributed by atoms with Crippen molar-refractivity contribution >= 4 is 6.03 Å². The monoisotopic (exact) mass is 352 g/mol. The summed E-state index contributed by atoms with van der Waals surface area (Å²) in [5.74, 6) is 0.108. The molecule has 0 aliphatic rings. The van der Waals surface area contributed by atoms with Gasteiger partial charge in [0, 0.05) is 6.54 Å². The van der Waals surface area contributed by atoms with Crippen molar-refractivity contribution < 1.29 is 22.7 Å². The third-order valence-electron chi connectivity index (χ3n) is 3.35. The molecule has 134 valence electrons. The van der Waals surface area contributed by atoms with Gasteiger partial charge in [-0.05, 0) is 30.7 Å². The van der Waals surface area contributed by atoms with Crippen LogP contribution in [0.4, 0.5) is 18.0 Å². The predicted octanol–water partition coefficient (Wildman–Crippen LogP) is 3.89. The molecule has 0 spiro atoms. The Morgan fingerprint density at radius 2 is 1.84 bits per heavy atom. The first-order valence-corrected chi connectivity index (χ1v) is 7.72. The zero-order chi connectivity index (χ0) is 18.3. The van der Waals surface area contributed by atoms with E-state index in [1.165, 1.54) is 12.1 Å². The minimum Gasteiger partial charge on any atom is -0.492 e. The van der Waals surface area contributed by atoms with Gasteiger partial charge in [0.15, 0.2) is 0 Å². The summed E-state index contributed by atoms with van der Waals surface area (Å²) in [6, 6.07) is 12.0. The Hall–Kier alpha value is -2.70. The van der Waals surface area contributed by atoms with E-state index < -0.39 is 11.7 Å². The number of hydrogen-bond acceptors (Lipinski definition) is 2. The molecule has 25 heavy (non-hydrogen) atoms. The number of ether oxygens (including phenoxy) is 1. The van der Waals surface area contributed by atoms with Gasteiger partial charge in [0.05, 0.1) is 12.1 Å². The highest BCUT2D eigenvalue weighted by Crippen LogP contribution is 2.31. The van der Waals surface area contributed by atoms with Crippen LogP contribution in [0.25, 0.3) is 0 Å². The van der Waals surface area contributed by atoms with Crippen LogP contribution < -0.4 is 15.4 Å². The first-order valence-electron chi connectivity index (χ1n) is 7.72. The average Bonchev–Trinajstić information content (AvgIpc) is 2.56. The molecule has 2 N–H and O–H groups in total. The number of amides is 2. The van der Waals surface area contributed by atoms with Crippen LogP contribution in [0.1, 0.15) is 16.7 Å². The fourth-order valence-electron chi connectivity index (χ4n) is 2.16. The normalized spacial score (nSPS) is 11.0. The van der Waals surface area contributed by atoms with E-state index in [0.717, 1.165) is 23.3 Å². The molecule has 0 bridgehead atoms. The SMILES string of the molecule is Cc1cccc(CNC(=O)NCCOc2cccc(C(F)(F)F)c2)c1. The van der Waals surface area contributed by atoms with E-state index in [2.05, 4.69) is 10.6 Å². The quantitative estimate of drug-likeness (QED) is 0.775. The van der Waals surface area contributed by atoms with E-state index in [9.17, 15) is 18.0 Å². The average molecular weight is 352 g/mol. The van der Waals surface area contributed by atoms with Crippen LogP contribution in [0.3, 0.4) is 0 Å². The lowest BCUT2D eigenvalue weighted by molar-refractivity contribution is -0.137. The molecule has 7 heteroatoms. The summed E-state index contributed by atoms with van der Waals surface area (Å²) in [5.41, 5.74) is 1.32. The molecule has 2 amide bonds. The van der Waals surface area contributed by atoms with E-state index in [1.807, 2.05) is 31.2 Å². The smallest absolute Gasteiger partial charge is 0.416 e. The number of benzene rings is 2. The molecule has 0 radical (unpaired) electrons. The summed E-state index contributed by atoms with van der Waals surface area (Å²) < 4.78 is 43.0. The Bertz CT molecular complexity index is 717. The summed E-state index contributed by atoms with van der Waals surface area (Å²) in [6.45, 7) is 2.60. The molecular formula is C18H19F3N2O2. The second-order valence-electron chi connectivity index (χ2n) is 5.47. The number of carbonyl (C=O) groups is 1. The molecule has 0 unspecified atom stereocenters. The second kappa shape index (κ2) is 8.41. The number of alkyl halides is 3. The lowest BCUT2D eigenvalue weighted by Crippen LogP contribution is -2.37. The Morgan fingerprint density at radius 3 is 2.56 bits per heavy atom. The topological polar surface area (TPSA) is 50.4 Å². The standard InChI is InChI=1S/C18H19F3N2O2/c1-13-4-2-5-14(10-13)12-23-17(24)22-8-9-25-16-7-3-6-15(11-16)18(19,20)21/h2-7,10-11H,8-9,12H2,1H3,(H2,22,23,24). The maximum absolute atomic E-state index is 12.6. The Morgan fingerprint density at radius 1 is 1.08 bits per heavy atom.